The number of nitro groups is 1. The summed E-state index contributed by atoms with van der Waals surface area (Å²) in [5.74, 6) is -1.41. The second-order valence-electron chi connectivity index (χ2n) is 5.83. The van der Waals surface area contributed by atoms with Crippen LogP contribution in [0.1, 0.15) is 12.8 Å². The molecular formula is C15H12N2O6. The maximum Gasteiger partial charge on any atom is 0.301 e. The quantitative estimate of drug-likeness (QED) is 0.561. The first-order valence-corrected chi connectivity index (χ1v) is 7.14. The molecule has 1 aliphatic carbocycles. The van der Waals surface area contributed by atoms with E-state index < -0.39 is 28.3 Å². The van der Waals surface area contributed by atoms with Gasteiger partial charge in [-0.3, -0.25) is 19.7 Å². The Balaban J connectivity index is 1.98. The Hall–Kier alpha value is -2.90. The Morgan fingerprint density at radius 1 is 1.35 bits per heavy atom. The van der Waals surface area contributed by atoms with Crippen LogP contribution in [0, 0.1) is 10.1 Å². The van der Waals surface area contributed by atoms with Crippen molar-refractivity contribution < 1.29 is 24.4 Å². The number of carbonyl (C=O) groups is 2. The molecule has 3 aliphatic heterocycles. The van der Waals surface area contributed by atoms with E-state index in [4.69, 9.17) is 4.74 Å². The van der Waals surface area contributed by atoms with Crippen LogP contribution in [0.2, 0.25) is 0 Å². The molecule has 0 aromatic heterocycles. The molecule has 3 heterocycles. The van der Waals surface area contributed by atoms with Gasteiger partial charge in [-0.1, -0.05) is 0 Å². The van der Waals surface area contributed by atoms with E-state index in [1.165, 1.54) is 6.26 Å². The molecular weight excluding hydrogens is 304 g/mol. The third kappa shape index (κ3) is 1.77. The Kier molecular flexibility index (Phi) is 2.72. The second kappa shape index (κ2) is 4.55. The average molecular weight is 316 g/mol. The molecule has 0 spiro atoms. The number of hydrogen-bond donors (Lipinski definition) is 1. The first kappa shape index (κ1) is 13.7. The van der Waals surface area contributed by atoms with E-state index in [1.807, 2.05) is 6.08 Å². The first-order valence-electron chi connectivity index (χ1n) is 7.14. The molecule has 118 valence electrons. The highest BCUT2D eigenvalue weighted by molar-refractivity contribution is 6.02. The van der Waals surface area contributed by atoms with Gasteiger partial charge in [0, 0.05) is 23.5 Å². The summed E-state index contributed by atoms with van der Waals surface area (Å²) in [5.41, 5.74) is 1.65. The van der Waals surface area contributed by atoms with Crippen molar-refractivity contribution in [3.8, 4) is 0 Å². The molecule has 0 aromatic carbocycles. The number of allylic oxidation sites excluding steroid dienone is 2. The van der Waals surface area contributed by atoms with Crippen LogP contribution in [0.15, 0.2) is 46.3 Å². The number of fused-ring (bicyclic) bond motifs is 1. The summed E-state index contributed by atoms with van der Waals surface area (Å²) in [4.78, 5) is 36.5. The molecule has 0 amide bonds. The largest absolute Gasteiger partial charge is 0.504 e. The molecule has 23 heavy (non-hydrogen) atoms. The van der Waals surface area contributed by atoms with Crippen LogP contribution in [0.4, 0.5) is 0 Å². The van der Waals surface area contributed by atoms with Gasteiger partial charge in [0.25, 0.3) is 0 Å². The minimum atomic E-state index is -1.71. The van der Waals surface area contributed by atoms with Crippen LogP contribution in [-0.2, 0) is 14.3 Å². The van der Waals surface area contributed by atoms with Crippen molar-refractivity contribution in [1.82, 2.24) is 4.90 Å². The summed E-state index contributed by atoms with van der Waals surface area (Å²) in [6, 6.07) is -1.71. The van der Waals surface area contributed by atoms with Crippen LogP contribution >= 0.6 is 0 Å². The van der Waals surface area contributed by atoms with Gasteiger partial charge in [0.2, 0.25) is 11.6 Å². The van der Waals surface area contributed by atoms with Crippen molar-refractivity contribution in [3.05, 3.63) is 56.4 Å². The lowest BCUT2D eigenvalue weighted by Gasteiger charge is -2.41. The molecule has 0 aromatic rings. The fourth-order valence-electron chi connectivity index (χ4n) is 3.57. The zero-order valence-corrected chi connectivity index (χ0v) is 11.9. The van der Waals surface area contributed by atoms with Crippen molar-refractivity contribution in [3.63, 3.8) is 0 Å². The highest BCUT2D eigenvalue weighted by Crippen LogP contribution is 2.44. The van der Waals surface area contributed by atoms with E-state index in [-0.39, 0.29) is 18.5 Å². The maximum atomic E-state index is 12.3. The minimum absolute atomic E-state index is 0.0622. The Morgan fingerprint density at radius 2 is 2.13 bits per heavy atom. The van der Waals surface area contributed by atoms with E-state index in [2.05, 4.69) is 0 Å². The van der Waals surface area contributed by atoms with Crippen molar-refractivity contribution in [1.29, 1.82) is 0 Å². The molecule has 4 aliphatic rings. The Morgan fingerprint density at radius 3 is 2.87 bits per heavy atom. The zero-order valence-electron chi connectivity index (χ0n) is 11.9. The molecule has 0 fully saturated rings. The van der Waals surface area contributed by atoms with Crippen LogP contribution in [0.5, 0.6) is 0 Å². The lowest BCUT2D eigenvalue weighted by molar-refractivity contribution is -0.498. The first-order chi connectivity index (χ1) is 11.0. The number of carbonyl (C=O) groups excluding carboxylic acids is 2. The molecule has 0 bridgehead atoms. The number of aliphatic hydroxyl groups is 1. The highest BCUT2D eigenvalue weighted by Gasteiger charge is 2.51. The summed E-state index contributed by atoms with van der Waals surface area (Å²) in [6.07, 6.45) is 3.84. The van der Waals surface area contributed by atoms with E-state index in [9.17, 15) is 24.8 Å². The summed E-state index contributed by atoms with van der Waals surface area (Å²) in [6.45, 7) is 0.326. The van der Waals surface area contributed by atoms with Crippen molar-refractivity contribution in [2.75, 3.05) is 13.1 Å². The minimum Gasteiger partial charge on any atom is -0.504 e. The van der Waals surface area contributed by atoms with E-state index in [0.717, 1.165) is 5.57 Å². The summed E-state index contributed by atoms with van der Waals surface area (Å²) < 4.78 is 5.53. The molecule has 1 unspecified atom stereocenters. The Labute approximate surface area is 130 Å². The topological polar surface area (TPSA) is 110 Å². The Bertz CT molecular complexity index is 801. The molecule has 0 radical (unpaired) electrons. The molecule has 0 saturated heterocycles. The number of nitrogens with zero attached hydrogens (tertiary/aromatic N) is 2. The van der Waals surface area contributed by atoms with Gasteiger partial charge in [0.15, 0.2) is 5.76 Å². The van der Waals surface area contributed by atoms with Gasteiger partial charge >= 0.3 is 6.04 Å². The van der Waals surface area contributed by atoms with Crippen LogP contribution < -0.4 is 0 Å². The molecule has 0 saturated carbocycles. The van der Waals surface area contributed by atoms with Gasteiger partial charge in [-0.05, 0) is 18.1 Å². The second-order valence-corrected chi connectivity index (χ2v) is 5.83. The molecule has 1 N–H and O–H groups in total. The molecule has 8 heteroatoms. The van der Waals surface area contributed by atoms with Crippen molar-refractivity contribution in [2.45, 2.75) is 18.9 Å². The monoisotopic (exact) mass is 316 g/mol. The van der Waals surface area contributed by atoms with E-state index >= 15 is 0 Å². The SMILES string of the molecule is O=C1CN2CC3=C(OC=CC3)C3=C2C(=C1O)C([N+](=O)[O-])C(=O)C3. The number of Topliss-reactive ketones (excluding diaryl/α,β-unsaturated/α-hetero) is 2. The summed E-state index contributed by atoms with van der Waals surface area (Å²) >= 11 is 0. The molecule has 4 rings (SSSR count). The van der Waals surface area contributed by atoms with E-state index in [0.29, 0.717) is 30.0 Å². The third-order valence-corrected chi connectivity index (χ3v) is 4.47. The molecule has 8 nitrogen and oxygen atoms in total. The molecule has 1 atom stereocenters. The lowest BCUT2D eigenvalue weighted by atomic mass is 9.79. The number of ketones is 2. The van der Waals surface area contributed by atoms with Crippen LogP contribution in [0.3, 0.4) is 0 Å². The number of aliphatic hydroxyl groups excluding tert-OH is 1. The van der Waals surface area contributed by atoms with Crippen LogP contribution in [0.25, 0.3) is 0 Å². The summed E-state index contributed by atoms with van der Waals surface area (Å²) in [7, 11) is 0. The van der Waals surface area contributed by atoms with Crippen LogP contribution in [-0.4, -0.2) is 45.6 Å². The van der Waals surface area contributed by atoms with Gasteiger partial charge < -0.3 is 14.7 Å². The van der Waals surface area contributed by atoms with Gasteiger partial charge in [-0.2, -0.15) is 0 Å². The predicted octanol–water partition coefficient (Wildman–Crippen LogP) is 0.757. The average Bonchev–Trinajstić information content (AvgIpc) is 2.51. The fourth-order valence-corrected chi connectivity index (χ4v) is 3.57. The lowest BCUT2D eigenvalue weighted by Crippen LogP contribution is -2.49. The number of ether oxygens (including phenoxy) is 1. The predicted molar refractivity (Wildman–Crippen MR) is 75.5 cm³/mol. The van der Waals surface area contributed by atoms with Gasteiger partial charge in [-0.25, -0.2) is 0 Å². The maximum absolute atomic E-state index is 12.3. The van der Waals surface area contributed by atoms with Gasteiger partial charge in [0.1, 0.15) is 11.3 Å². The number of rotatable bonds is 1. The van der Waals surface area contributed by atoms with E-state index in [1.54, 1.807) is 4.90 Å². The van der Waals surface area contributed by atoms with Crippen molar-refractivity contribution in [2.24, 2.45) is 0 Å². The fraction of sp³-hybridized carbons (Fsp3) is 0.333. The standard InChI is InChI=1S/C15H12N2O6/c18-9-4-8-12-11(13(9)17(21)22)14(20)10(19)6-16(12)5-7-2-1-3-23-15(7)8/h1,3,13,20H,2,4-6H2. The third-order valence-electron chi connectivity index (χ3n) is 4.47. The summed E-state index contributed by atoms with van der Waals surface area (Å²) in [5, 5.41) is 21.4. The number of hydrogen-bond acceptors (Lipinski definition) is 7. The van der Waals surface area contributed by atoms with Gasteiger partial charge in [0.05, 0.1) is 18.5 Å². The van der Waals surface area contributed by atoms with Gasteiger partial charge in [-0.15, -0.1) is 0 Å². The smallest absolute Gasteiger partial charge is 0.301 e. The normalized spacial score (nSPS) is 26.3. The van der Waals surface area contributed by atoms with Crippen molar-refractivity contribution >= 4 is 11.6 Å². The highest BCUT2D eigenvalue weighted by atomic mass is 16.6. The zero-order chi connectivity index (χ0) is 16.3.